The quantitative estimate of drug-likeness (QED) is 0.810. The van der Waals surface area contributed by atoms with E-state index in [4.69, 9.17) is 5.73 Å². The second-order valence-electron chi connectivity index (χ2n) is 4.73. The first-order valence-electron chi connectivity index (χ1n) is 5.74. The maximum atomic E-state index is 10.3. The molecule has 0 aliphatic heterocycles. The lowest BCUT2D eigenvalue weighted by atomic mass is 10.0. The number of hydrogen-bond acceptors (Lipinski definition) is 4. The first kappa shape index (κ1) is 11.2. The van der Waals surface area contributed by atoms with Crippen molar-refractivity contribution in [2.75, 3.05) is 24.2 Å². The van der Waals surface area contributed by atoms with Crippen LogP contribution < -0.4 is 10.6 Å². The Balaban J connectivity index is 2.05. The Bertz CT molecular complexity index is 361. The molecule has 3 N–H and O–H groups in total. The van der Waals surface area contributed by atoms with Crippen LogP contribution in [-0.2, 0) is 0 Å². The van der Waals surface area contributed by atoms with Crippen LogP contribution in [-0.4, -0.2) is 29.3 Å². The van der Waals surface area contributed by atoms with Crippen molar-refractivity contribution < 1.29 is 5.11 Å². The van der Waals surface area contributed by atoms with Crippen LogP contribution in [0.4, 0.5) is 11.5 Å². The van der Waals surface area contributed by atoms with Crippen LogP contribution in [0.1, 0.15) is 25.7 Å². The first-order chi connectivity index (χ1) is 7.59. The molecule has 1 fully saturated rings. The highest BCUT2D eigenvalue weighted by molar-refractivity contribution is 5.49. The summed E-state index contributed by atoms with van der Waals surface area (Å²) in [7, 11) is 1.94. The van der Waals surface area contributed by atoms with Gasteiger partial charge in [0.05, 0.1) is 5.60 Å². The Kier molecular flexibility index (Phi) is 3.01. The molecular weight excluding hydrogens is 202 g/mol. The third-order valence-electron chi connectivity index (χ3n) is 3.23. The van der Waals surface area contributed by atoms with E-state index in [0.717, 1.165) is 31.5 Å². The van der Waals surface area contributed by atoms with E-state index in [9.17, 15) is 5.11 Å². The van der Waals surface area contributed by atoms with Gasteiger partial charge in [-0.2, -0.15) is 0 Å². The number of aliphatic hydroxyl groups is 1. The summed E-state index contributed by atoms with van der Waals surface area (Å²) < 4.78 is 0. The Labute approximate surface area is 96.1 Å². The molecule has 1 aromatic heterocycles. The summed E-state index contributed by atoms with van der Waals surface area (Å²) in [6.45, 7) is 0.628. The lowest BCUT2D eigenvalue weighted by Crippen LogP contribution is -2.39. The molecule has 88 valence electrons. The Morgan fingerprint density at radius 2 is 2.19 bits per heavy atom. The van der Waals surface area contributed by atoms with Gasteiger partial charge in [-0.15, -0.1) is 0 Å². The van der Waals surface area contributed by atoms with Crippen molar-refractivity contribution in [2.24, 2.45) is 0 Å². The Hall–Kier alpha value is -1.29. The molecule has 0 radical (unpaired) electrons. The zero-order valence-corrected chi connectivity index (χ0v) is 9.69. The summed E-state index contributed by atoms with van der Waals surface area (Å²) in [5.74, 6) is 0.820. The molecule has 1 aliphatic rings. The third kappa shape index (κ3) is 2.44. The van der Waals surface area contributed by atoms with Gasteiger partial charge in [0.2, 0.25) is 0 Å². The second kappa shape index (κ2) is 4.29. The molecule has 1 heterocycles. The van der Waals surface area contributed by atoms with Crippen molar-refractivity contribution >= 4 is 11.5 Å². The van der Waals surface area contributed by atoms with Crippen molar-refractivity contribution in [3.05, 3.63) is 18.3 Å². The molecule has 0 aromatic carbocycles. The maximum Gasteiger partial charge on any atom is 0.130 e. The van der Waals surface area contributed by atoms with Crippen LogP contribution in [0.5, 0.6) is 0 Å². The maximum absolute atomic E-state index is 10.3. The molecular formula is C12H19N3O. The predicted molar refractivity (Wildman–Crippen MR) is 65.3 cm³/mol. The van der Waals surface area contributed by atoms with E-state index in [1.54, 1.807) is 12.3 Å². The minimum absolute atomic E-state index is 0.541. The molecule has 0 bridgehead atoms. The van der Waals surface area contributed by atoms with Crippen LogP contribution in [0.25, 0.3) is 0 Å². The normalized spacial score (nSPS) is 18.6. The predicted octanol–water partition coefficient (Wildman–Crippen LogP) is 1.41. The fraction of sp³-hybridized carbons (Fsp3) is 0.583. The summed E-state index contributed by atoms with van der Waals surface area (Å²) in [6, 6.07) is 3.60. The van der Waals surface area contributed by atoms with E-state index >= 15 is 0 Å². The van der Waals surface area contributed by atoms with E-state index < -0.39 is 5.60 Å². The number of hydrogen-bond donors (Lipinski definition) is 2. The molecule has 0 atom stereocenters. The number of rotatable bonds is 3. The van der Waals surface area contributed by atoms with Gasteiger partial charge >= 0.3 is 0 Å². The van der Waals surface area contributed by atoms with Crippen LogP contribution >= 0.6 is 0 Å². The summed E-state index contributed by atoms with van der Waals surface area (Å²) >= 11 is 0. The molecule has 4 nitrogen and oxygen atoms in total. The lowest BCUT2D eigenvalue weighted by Gasteiger charge is -2.29. The fourth-order valence-electron chi connectivity index (χ4n) is 2.36. The second-order valence-corrected chi connectivity index (χ2v) is 4.73. The van der Waals surface area contributed by atoms with E-state index in [0.29, 0.717) is 12.2 Å². The highest BCUT2D eigenvalue weighted by atomic mass is 16.3. The van der Waals surface area contributed by atoms with Crippen molar-refractivity contribution in [1.29, 1.82) is 0 Å². The minimum Gasteiger partial charge on any atom is -0.399 e. The number of nitrogens with two attached hydrogens (primary N) is 1. The van der Waals surface area contributed by atoms with Crippen LogP contribution in [0.15, 0.2) is 18.3 Å². The number of pyridine rings is 1. The van der Waals surface area contributed by atoms with Crippen molar-refractivity contribution in [3.63, 3.8) is 0 Å². The number of likely N-dealkylation sites (N-methyl/N-ethyl adjacent to an activating group) is 1. The molecule has 0 saturated heterocycles. The first-order valence-corrected chi connectivity index (χ1v) is 5.74. The van der Waals surface area contributed by atoms with Crippen LogP contribution in [0, 0.1) is 0 Å². The largest absolute Gasteiger partial charge is 0.399 e. The molecule has 4 heteroatoms. The smallest absolute Gasteiger partial charge is 0.130 e. The molecule has 1 aromatic rings. The summed E-state index contributed by atoms with van der Waals surface area (Å²) in [5, 5.41) is 10.3. The minimum atomic E-state index is -0.541. The van der Waals surface area contributed by atoms with Gasteiger partial charge in [-0.3, -0.25) is 0 Å². The standard InChI is InChI=1S/C12H19N3O/c1-15(9-12(16)5-2-3-6-12)11-8-10(13)4-7-14-11/h4,7-8,16H,2-3,5-6,9H2,1H3,(H2,13,14). The number of anilines is 2. The van der Waals surface area contributed by atoms with Gasteiger partial charge in [-0.1, -0.05) is 12.8 Å². The summed E-state index contributed by atoms with van der Waals surface area (Å²) in [5.41, 5.74) is 5.87. The fourth-order valence-corrected chi connectivity index (χ4v) is 2.36. The molecule has 2 rings (SSSR count). The number of nitrogen functional groups attached to an aromatic ring is 1. The van der Waals surface area contributed by atoms with Gasteiger partial charge in [0.15, 0.2) is 0 Å². The molecule has 16 heavy (non-hydrogen) atoms. The average Bonchev–Trinajstić information content (AvgIpc) is 2.65. The average molecular weight is 221 g/mol. The molecule has 0 amide bonds. The molecule has 1 saturated carbocycles. The van der Waals surface area contributed by atoms with Crippen LogP contribution in [0.3, 0.4) is 0 Å². The topological polar surface area (TPSA) is 62.4 Å². The SMILES string of the molecule is CN(CC1(O)CCCC1)c1cc(N)ccn1. The highest BCUT2D eigenvalue weighted by Crippen LogP contribution is 2.30. The Morgan fingerprint density at radius 1 is 1.50 bits per heavy atom. The highest BCUT2D eigenvalue weighted by Gasteiger charge is 2.32. The Morgan fingerprint density at radius 3 is 2.81 bits per heavy atom. The molecule has 0 unspecified atom stereocenters. The van der Waals surface area contributed by atoms with E-state index in [2.05, 4.69) is 4.98 Å². The number of aromatic nitrogens is 1. The zero-order chi connectivity index (χ0) is 11.6. The zero-order valence-electron chi connectivity index (χ0n) is 9.69. The van der Waals surface area contributed by atoms with Gasteiger partial charge in [-0.25, -0.2) is 4.98 Å². The summed E-state index contributed by atoms with van der Waals surface area (Å²) in [4.78, 5) is 6.22. The van der Waals surface area contributed by atoms with Crippen molar-refractivity contribution in [2.45, 2.75) is 31.3 Å². The van der Waals surface area contributed by atoms with E-state index in [-0.39, 0.29) is 0 Å². The van der Waals surface area contributed by atoms with E-state index in [1.165, 1.54) is 0 Å². The van der Waals surface area contributed by atoms with Crippen molar-refractivity contribution in [1.82, 2.24) is 4.98 Å². The van der Waals surface area contributed by atoms with Crippen molar-refractivity contribution in [3.8, 4) is 0 Å². The van der Waals surface area contributed by atoms with Gasteiger partial charge in [0.25, 0.3) is 0 Å². The third-order valence-corrected chi connectivity index (χ3v) is 3.23. The summed E-state index contributed by atoms with van der Waals surface area (Å²) in [6.07, 6.45) is 5.71. The van der Waals surface area contributed by atoms with Gasteiger partial charge in [0.1, 0.15) is 5.82 Å². The molecule has 0 spiro atoms. The lowest BCUT2D eigenvalue weighted by molar-refractivity contribution is 0.0558. The van der Waals surface area contributed by atoms with Gasteiger partial charge in [0, 0.05) is 31.5 Å². The van der Waals surface area contributed by atoms with Crippen LogP contribution in [0.2, 0.25) is 0 Å². The van der Waals surface area contributed by atoms with E-state index in [1.807, 2.05) is 18.0 Å². The van der Waals surface area contributed by atoms with Gasteiger partial charge < -0.3 is 15.7 Å². The monoisotopic (exact) mass is 221 g/mol. The number of nitrogens with zero attached hydrogens (tertiary/aromatic N) is 2. The molecule has 1 aliphatic carbocycles. The van der Waals surface area contributed by atoms with Gasteiger partial charge in [-0.05, 0) is 18.9 Å².